The summed E-state index contributed by atoms with van der Waals surface area (Å²) in [5.41, 5.74) is 0. The number of halogens is 1. The molecule has 0 aliphatic carbocycles. The van der Waals surface area contributed by atoms with Crippen molar-refractivity contribution in [3.8, 4) is 0 Å². The minimum absolute atomic E-state index is 0.257. The van der Waals surface area contributed by atoms with Crippen LogP contribution in [-0.4, -0.2) is 43.1 Å². The van der Waals surface area contributed by atoms with E-state index < -0.39 is 0 Å². The standard InChI is InChI=1S/C18H37Cl.C4H11NO/c1-2-3-4-5-6-7-8-9-10-11-12-13-14-15-16-17-18-19;1-5(2)3-4-6/h2-18H2,1H3;6H,3-4H2,1-2H3. The fraction of sp³-hybridized carbons (Fsp3) is 1.00. The average Bonchev–Trinajstić information content (AvgIpc) is 2.59. The molecule has 0 aromatic carbocycles. The van der Waals surface area contributed by atoms with Crippen molar-refractivity contribution in [3.63, 3.8) is 0 Å². The number of aliphatic hydroxyl groups excluding tert-OH is 1. The Morgan fingerprint density at radius 3 is 1.12 bits per heavy atom. The normalized spacial score (nSPS) is 10.8. The highest BCUT2D eigenvalue weighted by atomic mass is 35.5. The average molecular weight is 378 g/mol. The van der Waals surface area contributed by atoms with Crippen LogP contribution in [0.4, 0.5) is 0 Å². The molecule has 0 saturated heterocycles. The third kappa shape index (κ3) is 32.4. The lowest BCUT2D eigenvalue weighted by atomic mass is 10.0. The highest BCUT2D eigenvalue weighted by Crippen LogP contribution is 2.13. The van der Waals surface area contributed by atoms with Crippen molar-refractivity contribution < 1.29 is 5.11 Å². The van der Waals surface area contributed by atoms with Crippen molar-refractivity contribution in [2.24, 2.45) is 0 Å². The van der Waals surface area contributed by atoms with Crippen LogP contribution in [0.1, 0.15) is 110 Å². The highest BCUT2D eigenvalue weighted by Gasteiger charge is 1.94. The lowest BCUT2D eigenvalue weighted by Crippen LogP contribution is -2.15. The van der Waals surface area contributed by atoms with E-state index in [-0.39, 0.29) is 6.61 Å². The summed E-state index contributed by atoms with van der Waals surface area (Å²) in [5, 5.41) is 8.20. The molecule has 0 fully saturated rings. The first-order chi connectivity index (χ1) is 12.2. The summed E-state index contributed by atoms with van der Waals surface area (Å²) < 4.78 is 0. The van der Waals surface area contributed by atoms with Gasteiger partial charge >= 0.3 is 0 Å². The van der Waals surface area contributed by atoms with Crippen LogP contribution in [0.2, 0.25) is 0 Å². The lowest BCUT2D eigenvalue weighted by Gasteiger charge is -2.03. The zero-order valence-corrected chi connectivity index (χ0v) is 18.5. The molecule has 0 spiro atoms. The minimum Gasteiger partial charge on any atom is -0.395 e. The molecule has 0 amide bonds. The van der Waals surface area contributed by atoms with Gasteiger partial charge in [0.2, 0.25) is 0 Å². The Hall–Kier alpha value is 0.210. The number of alkyl halides is 1. The number of rotatable bonds is 18. The Morgan fingerprint density at radius 2 is 0.920 bits per heavy atom. The van der Waals surface area contributed by atoms with Crippen LogP contribution < -0.4 is 0 Å². The van der Waals surface area contributed by atoms with Crippen molar-refractivity contribution in [2.75, 3.05) is 33.1 Å². The van der Waals surface area contributed by atoms with Gasteiger partial charge in [-0.3, -0.25) is 0 Å². The molecular weight excluding hydrogens is 330 g/mol. The Balaban J connectivity index is 0. The van der Waals surface area contributed by atoms with Crippen molar-refractivity contribution >= 4 is 11.6 Å². The smallest absolute Gasteiger partial charge is 0.0558 e. The maximum atomic E-state index is 8.20. The van der Waals surface area contributed by atoms with E-state index in [1.165, 1.54) is 103 Å². The van der Waals surface area contributed by atoms with Gasteiger partial charge in [-0.2, -0.15) is 0 Å². The second kappa shape index (κ2) is 26.4. The summed E-state index contributed by atoms with van der Waals surface area (Å²) in [4.78, 5) is 1.93. The van der Waals surface area contributed by atoms with Crippen LogP contribution in [0.15, 0.2) is 0 Å². The summed E-state index contributed by atoms with van der Waals surface area (Å²) in [7, 11) is 3.85. The zero-order valence-electron chi connectivity index (χ0n) is 17.7. The maximum absolute atomic E-state index is 8.20. The van der Waals surface area contributed by atoms with Gasteiger partial charge < -0.3 is 10.0 Å². The van der Waals surface area contributed by atoms with Crippen LogP contribution in [0.3, 0.4) is 0 Å². The van der Waals surface area contributed by atoms with Crippen molar-refractivity contribution in [1.29, 1.82) is 0 Å². The summed E-state index contributed by atoms with van der Waals surface area (Å²) in [5.74, 6) is 0.846. The largest absolute Gasteiger partial charge is 0.395 e. The number of likely N-dealkylation sites (N-methyl/N-ethyl adjacent to an activating group) is 1. The number of aliphatic hydroxyl groups is 1. The second-order valence-electron chi connectivity index (χ2n) is 7.52. The topological polar surface area (TPSA) is 23.5 Å². The molecule has 0 atom stereocenters. The molecule has 0 aliphatic heterocycles. The number of hydrogen-bond donors (Lipinski definition) is 1. The Labute approximate surface area is 164 Å². The summed E-state index contributed by atoms with van der Waals surface area (Å²) in [6.45, 7) is 3.31. The fourth-order valence-corrected chi connectivity index (χ4v) is 3.03. The van der Waals surface area contributed by atoms with E-state index >= 15 is 0 Å². The molecule has 1 N–H and O–H groups in total. The monoisotopic (exact) mass is 377 g/mol. The summed E-state index contributed by atoms with van der Waals surface area (Å²) in [6.07, 6.45) is 22.8. The predicted molar refractivity (Wildman–Crippen MR) is 116 cm³/mol. The Morgan fingerprint density at radius 1 is 0.600 bits per heavy atom. The van der Waals surface area contributed by atoms with E-state index in [4.69, 9.17) is 16.7 Å². The van der Waals surface area contributed by atoms with Gasteiger partial charge in [-0.15, -0.1) is 11.6 Å². The lowest BCUT2D eigenvalue weighted by molar-refractivity contribution is 0.243. The van der Waals surface area contributed by atoms with E-state index in [0.29, 0.717) is 0 Å². The third-order valence-electron chi connectivity index (χ3n) is 4.53. The number of hydrogen-bond acceptors (Lipinski definition) is 2. The fourth-order valence-electron chi connectivity index (χ4n) is 2.84. The predicted octanol–water partition coefficient (Wildman–Crippen LogP) is 7.03. The molecule has 0 bridgehead atoms. The summed E-state index contributed by atoms with van der Waals surface area (Å²) in [6, 6.07) is 0. The molecule has 25 heavy (non-hydrogen) atoms. The Kier molecular flexibility index (Phi) is 29.0. The highest BCUT2D eigenvalue weighted by molar-refractivity contribution is 6.17. The van der Waals surface area contributed by atoms with E-state index in [9.17, 15) is 0 Å². The van der Waals surface area contributed by atoms with Crippen LogP contribution in [0.25, 0.3) is 0 Å². The van der Waals surface area contributed by atoms with Crippen molar-refractivity contribution in [3.05, 3.63) is 0 Å². The molecule has 2 nitrogen and oxygen atoms in total. The van der Waals surface area contributed by atoms with Gasteiger partial charge in [-0.05, 0) is 20.5 Å². The molecule has 0 rings (SSSR count). The van der Waals surface area contributed by atoms with Crippen molar-refractivity contribution in [1.82, 2.24) is 4.90 Å². The van der Waals surface area contributed by atoms with Gasteiger partial charge in [0.15, 0.2) is 0 Å². The molecule has 0 saturated carbocycles. The minimum atomic E-state index is 0.257. The SMILES string of the molecule is CCCCCCCCCCCCCCCCCCCl.CN(C)CCO. The molecule has 0 heterocycles. The number of unbranched alkanes of at least 4 members (excludes halogenated alkanes) is 15. The van der Waals surface area contributed by atoms with E-state index in [1.54, 1.807) is 0 Å². The van der Waals surface area contributed by atoms with Crippen LogP contribution in [-0.2, 0) is 0 Å². The second-order valence-corrected chi connectivity index (χ2v) is 7.90. The van der Waals surface area contributed by atoms with Gasteiger partial charge in [0.1, 0.15) is 0 Å². The van der Waals surface area contributed by atoms with Gasteiger partial charge in [-0.25, -0.2) is 0 Å². The van der Waals surface area contributed by atoms with E-state index in [2.05, 4.69) is 6.92 Å². The van der Waals surface area contributed by atoms with Gasteiger partial charge in [-0.1, -0.05) is 103 Å². The van der Waals surface area contributed by atoms with E-state index in [0.717, 1.165) is 12.4 Å². The molecule has 0 radical (unpaired) electrons. The quantitative estimate of drug-likeness (QED) is 0.205. The van der Waals surface area contributed by atoms with Crippen LogP contribution in [0, 0.1) is 0 Å². The molecule has 0 aromatic rings. The molecule has 154 valence electrons. The van der Waals surface area contributed by atoms with E-state index in [1.807, 2.05) is 19.0 Å². The summed E-state index contributed by atoms with van der Waals surface area (Å²) >= 11 is 5.66. The molecule has 0 aromatic heterocycles. The molecule has 3 heteroatoms. The van der Waals surface area contributed by atoms with Crippen LogP contribution >= 0.6 is 11.6 Å². The number of nitrogens with zero attached hydrogens (tertiary/aromatic N) is 1. The first-order valence-electron chi connectivity index (χ1n) is 11.0. The maximum Gasteiger partial charge on any atom is 0.0558 e. The van der Waals surface area contributed by atoms with Gasteiger partial charge in [0.25, 0.3) is 0 Å². The Bertz CT molecular complexity index is 196. The van der Waals surface area contributed by atoms with Crippen molar-refractivity contribution in [2.45, 2.75) is 110 Å². The van der Waals surface area contributed by atoms with Crippen LogP contribution in [0.5, 0.6) is 0 Å². The zero-order chi connectivity index (χ0) is 19.0. The third-order valence-corrected chi connectivity index (χ3v) is 4.80. The molecule has 0 unspecified atom stereocenters. The molecule has 0 aliphatic rings. The molecular formula is C22H48ClNO. The first-order valence-corrected chi connectivity index (χ1v) is 11.5. The van der Waals surface area contributed by atoms with Gasteiger partial charge in [0.05, 0.1) is 6.61 Å². The first kappa shape index (κ1) is 27.4. The van der Waals surface area contributed by atoms with Gasteiger partial charge in [0, 0.05) is 12.4 Å².